The number of benzene rings is 6. The van der Waals surface area contributed by atoms with E-state index in [2.05, 4.69) is 77.9 Å². The molecule has 6 aromatic rings. The van der Waals surface area contributed by atoms with Crippen LogP contribution in [0.4, 0.5) is 9.88 Å². The van der Waals surface area contributed by atoms with Crippen molar-refractivity contribution in [2.45, 2.75) is 5.41 Å². The summed E-state index contributed by atoms with van der Waals surface area (Å²) in [6.45, 7) is 0. The van der Waals surface area contributed by atoms with Gasteiger partial charge in [-0.25, -0.2) is 0 Å². The second-order valence-electron chi connectivity index (χ2n) is 10.7. The fourth-order valence-electron chi connectivity index (χ4n) is 6.39. The van der Waals surface area contributed by atoms with E-state index in [9.17, 15) is 0 Å². The van der Waals surface area contributed by atoms with Gasteiger partial charge in [0.1, 0.15) is 0 Å². The van der Waals surface area contributed by atoms with Crippen LogP contribution >= 0.6 is 7.29 Å². The van der Waals surface area contributed by atoms with Gasteiger partial charge in [-0.05, 0) is 0 Å². The molecule has 1 aliphatic rings. The second-order valence-corrected chi connectivity index (χ2v) is 14.0. The molecule has 0 spiro atoms. The number of halogens is 1. The zero-order valence-corrected chi connectivity index (χ0v) is 24.6. The van der Waals surface area contributed by atoms with Gasteiger partial charge in [-0.3, -0.25) is 0 Å². The summed E-state index contributed by atoms with van der Waals surface area (Å²) in [5, 5.41) is 4.28. The first kappa shape index (κ1) is 26.9. The Kier molecular flexibility index (Phi) is 6.53. The quantitative estimate of drug-likeness (QED) is 0.151. The molecule has 43 heavy (non-hydrogen) atoms. The van der Waals surface area contributed by atoms with Crippen LogP contribution < -0.4 is 25.0 Å². The molecular weight excluding hydrogens is 552 g/mol. The van der Waals surface area contributed by atoms with Gasteiger partial charge in [-0.15, -0.1) is 0 Å². The molecule has 6 aromatic carbocycles. The Bertz CT molecular complexity index is 1730. The molecule has 5 heteroatoms. The number of nitrogens with one attached hydrogen (secondary N) is 1. The fraction of sp³-hybridized carbons (Fsp3) is 0.0526. The third kappa shape index (κ3) is 4.13. The van der Waals surface area contributed by atoms with Crippen LogP contribution in [0, 0.1) is 0 Å². The zero-order chi connectivity index (χ0) is 29.4. The van der Waals surface area contributed by atoms with E-state index in [1.165, 1.54) is 0 Å². The van der Waals surface area contributed by atoms with Gasteiger partial charge in [0.2, 0.25) is 0 Å². The van der Waals surface area contributed by atoms with Crippen LogP contribution in [0.5, 0.6) is 11.5 Å². The SMILES string of the molecule is COc1cc(C(c2ccccc2)(c2ccccc2)c2ccccc2)cc2c1OP(F)(c1ccccc1)(c1ccccc1)N2. The summed E-state index contributed by atoms with van der Waals surface area (Å²) in [4.78, 5) is 0. The van der Waals surface area contributed by atoms with Gasteiger partial charge in [0, 0.05) is 0 Å². The number of methoxy groups -OCH3 is 1. The van der Waals surface area contributed by atoms with Gasteiger partial charge in [0.25, 0.3) is 0 Å². The van der Waals surface area contributed by atoms with Gasteiger partial charge in [-0.1, -0.05) is 0 Å². The Morgan fingerprint density at radius 2 is 0.953 bits per heavy atom. The van der Waals surface area contributed by atoms with Gasteiger partial charge < -0.3 is 0 Å². The Hall–Kier alpha value is -4.92. The maximum atomic E-state index is 18.4. The average Bonchev–Trinajstić information content (AvgIpc) is 3.42. The number of rotatable bonds is 7. The number of fused-ring (bicyclic) bond motifs is 1. The van der Waals surface area contributed by atoms with Crippen LogP contribution in [0.15, 0.2) is 164 Å². The predicted molar refractivity (Wildman–Crippen MR) is 176 cm³/mol. The van der Waals surface area contributed by atoms with Gasteiger partial charge in [0.15, 0.2) is 0 Å². The van der Waals surface area contributed by atoms with Crippen LogP contribution in [0.3, 0.4) is 0 Å². The molecule has 0 aromatic heterocycles. The Labute approximate surface area is 251 Å². The van der Waals surface area contributed by atoms with Crippen molar-refractivity contribution in [1.29, 1.82) is 0 Å². The summed E-state index contributed by atoms with van der Waals surface area (Å²) in [6.07, 6.45) is 0. The molecule has 1 N–H and O–H groups in total. The summed E-state index contributed by atoms with van der Waals surface area (Å²) < 4.78 is 31.0. The van der Waals surface area contributed by atoms with Crippen LogP contribution in [0.2, 0.25) is 0 Å². The molecule has 0 amide bonds. The van der Waals surface area contributed by atoms with Crippen molar-refractivity contribution in [3.8, 4) is 11.5 Å². The minimum absolute atomic E-state index is 0.363. The standard InChI is InChI=1S/C38H31FNO2P/c1-41-36-28-32(38(29-17-7-2-8-18-29,30-19-9-3-10-20-30)31-21-11-4-12-22-31)27-35-37(36)42-43(39,40-35,33-23-13-5-14-24-33)34-25-15-6-16-26-34/h2-28,40H,1H3. The second kappa shape index (κ2) is 10.4. The van der Waals surface area contributed by atoms with Gasteiger partial charge in [0.05, 0.1) is 0 Å². The fourth-order valence-corrected chi connectivity index (χ4v) is 9.74. The third-order valence-corrected chi connectivity index (χ3v) is 12.0. The molecule has 0 aliphatic carbocycles. The number of hydrogen-bond acceptors (Lipinski definition) is 3. The molecular formula is C38H31FNO2P. The van der Waals surface area contributed by atoms with Gasteiger partial charge in [-0.2, -0.15) is 0 Å². The van der Waals surface area contributed by atoms with Crippen molar-refractivity contribution in [3.05, 3.63) is 186 Å². The molecule has 0 saturated heterocycles. The van der Waals surface area contributed by atoms with Crippen LogP contribution in [-0.4, -0.2) is 7.11 Å². The summed E-state index contributed by atoms with van der Waals surface area (Å²) in [5.41, 5.74) is 3.99. The Morgan fingerprint density at radius 1 is 0.558 bits per heavy atom. The normalized spacial score (nSPS) is 15.6. The van der Waals surface area contributed by atoms with E-state index in [1.54, 1.807) is 31.4 Å². The van der Waals surface area contributed by atoms with Crippen molar-refractivity contribution >= 4 is 23.6 Å². The van der Waals surface area contributed by atoms with E-state index in [0.717, 1.165) is 22.3 Å². The zero-order valence-electron chi connectivity index (χ0n) is 23.7. The molecule has 0 fully saturated rings. The Balaban J connectivity index is 1.54. The van der Waals surface area contributed by atoms with E-state index in [1.807, 2.05) is 66.7 Å². The monoisotopic (exact) mass is 583 g/mol. The summed E-state index contributed by atoms with van der Waals surface area (Å²) in [6, 6.07) is 53.6. The van der Waals surface area contributed by atoms with Crippen LogP contribution in [-0.2, 0) is 5.41 Å². The van der Waals surface area contributed by atoms with E-state index < -0.39 is 12.7 Å². The summed E-state index contributed by atoms with van der Waals surface area (Å²) in [7, 11) is -3.30. The molecule has 212 valence electrons. The molecule has 1 aliphatic heterocycles. The Morgan fingerprint density at radius 3 is 1.35 bits per heavy atom. The predicted octanol–water partition coefficient (Wildman–Crippen LogP) is 8.80. The van der Waals surface area contributed by atoms with E-state index >= 15 is 4.20 Å². The van der Waals surface area contributed by atoms with Crippen LogP contribution in [0.25, 0.3) is 0 Å². The molecule has 7 rings (SSSR count). The van der Waals surface area contributed by atoms with Crippen molar-refractivity contribution in [3.63, 3.8) is 0 Å². The molecule has 1 heterocycles. The first-order valence-corrected chi connectivity index (χ1v) is 16.3. The number of hydrogen-bond donors (Lipinski definition) is 1. The number of ether oxygens (including phenoxy) is 1. The summed E-state index contributed by atoms with van der Waals surface area (Å²) >= 11 is 0. The van der Waals surface area contributed by atoms with Crippen molar-refractivity contribution < 1.29 is 13.5 Å². The van der Waals surface area contributed by atoms with Gasteiger partial charge >= 0.3 is 252 Å². The molecule has 0 unspecified atom stereocenters. The van der Waals surface area contributed by atoms with Crippen LogP contribution in [0.1, 0.15) is 22.3 Å². The van der Waals surface area contributed by atoms with E-state index in [0.29, 0.717) is 27.8 Å². The first-order valence-electron chi connectivity index (χ1n) is 14.3. The molecule has 0 bridgehead atoms. The maximum absolute atomic E-state index is 18.4. The molecule has 0 atom stereocenters. The molecule has 3 nitrogen and oxygen atoms in total. The third-order valence-electron chi connectivity index (χ3n) is 8.35. The van der Waals surface area contributed by atoms with Crippen molar-refractivity contribution in [2.75, 3.05) is 12.2 Å². The topological polar surface area (TPSA) is 30.5 Å². The van der Waals surface area contributed by atoms with E-state index in [-0.39, 0.29) is 0 Å². The number of anilines is 1. The first-order chi connectivity index (χ1) is 21.1. The van der Waals surface area contributed by atoms with Crippen molar-refractivity contribution in [2.24, 2.45) is 0 Å². The summed E-state index contributed by atoms with van der Waals surface area (Å²) in [5.74, 6) is 0.824. The van der Waals surface area contributed by atoms with E-state index in [4.69, 9.17) is 9.26 Å². The molecule has 0 saturated carbocycles. The molecule has 0 radical (unpaired) electrons. The minimum atomic E-state index is -4.90. The van der Waals surface area contributed by atoms with Crippen molar-refractivity contribution in [1.82, 2.24) is 0 Å². The average molecular weight is 584 g/mol.